The fourth-order valence-electron chi connectivity index (χ4n) is 2.77. The van der Waals surface area contributed by atoms with Crippen molar-refractivity contribution in [3.8, 4) is 0 Å². The number of ether oxygens (including phenoxy) is 1. The molecule has 2 rings (SSSR count). The Morgan fingerprint density at radius 1 is 1.33 bits per heavy atom. The average Bonchev–Trinajstić information content (AvgIpc) is 2.42. The molecule has 0 spiro atoms. The van der Waals surface area contributed by atoms with E-state index in [9.17, 15) is 5.11 Å². The van der Waals surface area contributed by atoms with Crippen molar-refractivity contribution in [3.05, 3.63) is 34.9 Å². The average molecular weight is 249 g/mol. The van der Waals surface area contributed by atoms with Crippen molar-refractivity contribution in [2.24, 2.45) is 11.1 Å². The highest BCUT2D eigenvalue weighted by Gasteiger charge is 2.39. The monoisotopic (exact) mass is 249 g/mol. The molecular weight excluding hydrogens is 226 g/mol. The molecule has 0 amide bonds. The van der Waals surface area contributed by atoms with Gasteiger partial charge < -0.3 is 15.6 Å². The Bertz CT molecular complexity index is 411. The summed E-state index contributed by atoms with van der Waals surface area (Å²) in [6.07, 6.45) is 1.17. The summed E-state index contributed by atoms with van der Waals surface area (Å²) in [5.74, 6) is 0. The van der Waals surface area contributed by atoms with Crippen LogP contribution in [-0.2, 0) is 4.74 Å². The van der Waals surface area contributed by atoms with Crippen LogP contribution in [0, 0.1) is 19.3 Å². The molecule has 1 atom stereocenters. The van der Waals surface area contributed by atoms with E-state index in [4.69, 9.17) is 10.5 Å². The molecule has 1 saturated heterocycles. The van der Waals surface area contributed by atoms with Gasteiger partial charge in [-0.2, -0.15) is 0 Å². The maximum atomic E-state index is 10.8. The van der Waals surface area contributed by atoms with Crippen LogP contribution >= 0.6 is 0 Å². The molecule has 1 aromatic rings. The van der Waals surface area contributed by atoms with Gasteiger partial charge in [-0.05, 0) is 43.4 Å². The lowest BCUT2D eigenvalue weighted by Crippen LogP contribution is -2.41. The molecule has 1 aliphatic heterocycles. The molecule has 1 aromatic carbocycles. The van der Waals surface area contributed by atoms with Gasteiger partial charge in [0.05, 0.1) is 6.10 Å². The number of aliphatic hydroxyl groups excluding tert-OH is 1. The Morgan fingerprint density at radius 2 is 2.00 bits per heavy atom. The molecule has 1 fully saturated rings. The second kappa shape index (κ2) is 5.39. The highest BCUT2D eigenvalue weighted by molar-refractivity contribution is 5.35. The zero-order valence-corrected chi connectivity index (χ0v) is 11.3. The van der Waals surface area contributed by atoms with Gasteiger partial charge in [-0.15, -0.1) is 0 Å². The van der Waals surface area contributed by atoms with E-state index in [0.29, 0.717) is 19.8 Å². The minimum absolute atomic E-state index is 0.225. The van der Waals surface area contributed by atoms with Crippen LogP contribution in [0.4, 0.5) is 0 Å². The SMILES string of the molecule is Cc1cccc(C(O)C2(CN)CCOCC2)c1C. The fraction of sp³-hybridized carbons (Fsp3) is 0.600. The Balaban J connectivity index is 2.33. The van der Waals surface area contributed by atoms with Gasteiger partial charge in [0.2, 0.25) is 0 Å². The molecule has 100 valence electrons. The molecule has 0 bridgehead atoms. The van der Waals surface area contributed by atoms with Crippen LogP contribution in [0.2, 0.25) is 0 Å². The molecular formula is C15H23NO2. The van der Waals surface area contributed by atoms with Gasteiger partial charge in [0.15, 0.2) is 0 Å². The summed E-state index contributed by atoms with van der Waals surface area (Å²) in [4.78, 5) is 0. The number of aliphatic hydroxyl groups is 1. The van der Waals surface area contributed by atoms with Crippen LogP contribution in [0.5, 0.6) is 0 Å². The summed E-state index contributed by atoms with van der Waals surface area (Å²) in [5.41, 5.74) is 9.12. The first-order valence-electron chi connectivity index (χ1n) is 6.63. The predicted molar refractivity (Wildman–Crippen MR) is 72.4 cm³/mol. The van der Waals surface area contributed by atoms with Gasteiger partial charge in [-0.25, -0.2) is 0 Å². The van der Waals surface area contributed by atoms with Gasteiger partial charge in [0, 0.05) is 25.2 Å². The van der Waals surface area contributed by atoms with Gasteiger partial charge in [-0.1, -0.05) is 18.2 Å². The van der Waals surface area contributed by atoms with Crippen molar-refractivity contribution >= 4 is 0 Å². The number of benzene rings is 1. The van der Waals surface area contributed by atoms with E-state index in [-0.39, 0.29) is 5.41 Å². The molecule has 1 aliphatic rings. The quantitative estimate of drug-likeness (QED) is 0.862. The lowest BCUT2D eigenvalue weighted by Gasteiger charge is -2.40. The first-order chi connectivity index (χ1) is 8.60. The maximum absolute atomic E-state index is 10.8. The lowest BCUT2D eigenvalue weighted by molar-refractivity contribution is -0.0583. The first kappa shape index (κ1) is 13.5. The third kappa shape index (κ3) is 2.30. The summed E-state index contributed by atoms with van der Waals surface area (Å²) in [7, 11) is 0. The van der Waals surface area contributed by atoms with Crippen LogP contribution in [0.15, 0.2) is 18.2 Å². The molecule has 3 N–H and O–H groups in total. The summed E-state index contributed by atoms with van der Waals surface area (Å²) in [5, 5.41) is 10.8. The molecule has 3 heteroatoms. The number of aryl methyl sites for hydroxylation is 1. The highest BCUT2D eigenvalue weighted by Crippen LogP contribution is 2.42. The molecule has 18 heavy (non-hydrogen) atoms. The number of nitrogens with two attached hydrogens (primary N) is 1. The lowest BCUT2D eigenvalue weighted by atomic mass is 9.72. The topological polar surface area (TPSA) is 55.5 Å². The predicted octanol–water partition coefficient (Wildman–Crippen LogP) is 2.09. The summed E-state index contributed by atoms with van der Waals surface area (Å²) in [6.45, 7) is 6.03. The van der Waals surface area contributed by atoms with E-state index in [1.54, 1.807) is 0 Å². The fourth-order valence-corrected chi connectivity index (χ4v) is 2.77. The van der Waals surface area contributed by atoms with Crippen molar-refractivity contribution in [1.82, 2.24) is 0 Å². The van der Waals surface area contributed by atoms with Crippen LogP contribution in [-0.4, -0.2) is 24.9 Å². The molecule has 0 aromatic heterocycles. The Hall–Kier alpha value is -0.900. The highest BCUT2D eigenvalue weighted by atomic mass is 16.5. The van der Waals surface area contributed by atoms with Crippen molar-refractivity contribution < 1.29 is 9.84 Å². The summed E-state index contributed by atoms with van der Waals surface area (Å²) >= 11 is 0. The van der Waals surface area contributed by atoms with Crippen molar-refractivity contribution in [3.63, 3.8) is 0 Å². The summed E-state index contributed by atoms with van der Waals surface area (Å²) in [6, 6.07) is 6.09. The minimum Gasteiger partial charge on any atom is -0.388 e. The zero-order valence-electron chi connectivity index (χ0n) is 11.3. The molecule has 1 unspecified atom stereocenters. The van der Waals surface area contributed by atoms with Gasteiger partial charge in [0.25, 0.3) is 0 Å². The molecule has 0 radical (unpaired) electrons. The molecule has 0 saturated carbocycles. The second-order valence-electron chi connectivity index (χ2n) is 5.37. The van der Waals surface area contributed by atoms with E-state index in [2.05, 4.69) is 19.9 Å². The molecule has 3 nitrogen and oxygen atoms in total. The van der Waals surface area contributed by atoms with Crippen molar-refractivity contribution in [2.75, 3.05) is 19.8 Å². The standard InChI is InChI=1S/C15H23NO2/c1-11-4-3-5-13(12(11)2)14(17)15(10-16)6-8-18-9-7-15/h3-5,14,17H,6-10,16H2,1-2H3. The Morgan fingerprint density at radius 3 is 2.61 bits per heavy atom. The minimum atomic E-state index is -0.494. The van der Waals surface area contributed by atoms with Gasteiger partial charge >= 0.3 is 0 Å². The Labute approximate surface area is 109 Å². The van der Waals surface area contributed by atoms with Crippen LogP contribution in [0.25, 0.3) is 0 Å². The van der Waals surface area contributed by atoms with E-state index >= 15 is 0 Å². The third-order valence-electron chi connectivity index (χ3n) is 4.42. The summed E-state index contributed by atoms with van der Waals surface area (Å²) < 4.78 is 5.40. The largest absolute Gasteiger partial charge is 0.388 e. The zero-order chi connectivity index (χ0) is 13.2. The van der Waals surface area contributed by atoms with Crippen molar-refractivity contribution in [2.45, 2.75) is 32.8 Å². The van der Waals surface area contributed by atoms with Crippen LogP contribution < -0.4 is 5.73 Å². The Kier molecular flexibility index (Phi) is 4.05. The van der Waals surface area contributed by atoms with Crippen molar-refractivity contribution in [1.29, 1.82) is 0 Å². The smallest absolute Gasteiger partial charge is 0.0862 e. The van der Waals surface area contributed by atoms with Crippen LogP contribution in [0.3, 0.4) is 0 Å². The molecule has 1 heterocycles. The van der Waals surface area contributed by atoms with Gasteiger partial charge in [0.1, 0.15) is 0 Å². The van der Waals surface area contributed by atoms with Crippen LogP contribution in [0.1, 0.15) is 35.6 Å². The van der Waals surface area contributed by atoms with E-state index in [0.717, 1.165) is 18.4 Å². The molecule has 0 aliphatic carbocycles. The van der Waals surface area contributed by atoms with Gasteiger partial charge in [-0.3, -0.25) is 0 Å². The van der Waals surface area contributed by atoms with E-state index < -0.39 is 6.10 Å². The maximum Gasteiger partial charge on any atom is 0.0862 e. The number of hydrogen-bond acceptors (Lipinski definition) is 3. The third-order valence-corrected chi connectivity index (χ3v) is 4.42. The second-order valence-corrected chi connectivity index (χ2v) is 5.37. The van der Waals surface area contributed by atoms with E-state index in [1.165, 1.54) is 11.1 Å². The normalized spacial score (nSPS) is 20.7. The van der Waals surface area contributed by atoms with E-state index in [1.807, 2.05) is 12.1 Å². The number of rotatable bonds is 3. The number of hydrogen-bond donors (Lipinski definition) is 2. The first-order valence-corrected chi connectivity index (χ1v) is 6.63.